The Bertz CT molecular complexity index is 250. The normalized spacial score (nSPS) is 11.1. The van der Waals surface area contributed by atoms with E-state index in [-0.39, 0.29) is 6.61 Å². The SMILES string of the molecule is CCc1nc(CN(C)CCO)cs1. The van der Waals surface area contributed by atoms with Crippen LogP contribution in [0.5, 0.6) is 0 Å². The summed E-state index contributed by atoms with van der Waals surface area (Å²) in [7, 11) is 1.99. The zero-order valence-electron chi connectivity index (χ0n) is 8.16. The van der Waals surface area contributed by atoms with Gasteiger partial charge in [-0.2, -0.15) is 0 Å². The first-order valence-corrected chi connectivity index (χ1v) is 5.37. The van der Waals surface area contributed by atoms with Crippen molar-refractivity contribution in [2.24, 2.45) is 0 Å². The quantitative estimate of drug-likeness (QED) is 0.774. The van der Waals surface area contributed by atoms with Gasteiger partial charge in [0.15, 0.2) is 0 Å². The Kier molecular flexibility index (Phi) is 4.35. The standard InChI is InChI=1S/C9H16N2OS/c1-3-9-10-8(7-13-9)6-11(2)4-5-12/h7,12H,3-6H2,1-2H3. The van der Waals surface area contributed by atoms with E-state index in [1.165, 1.54) is 5.01 Å². The van der Waals surface area contributed by atoms with Crippen LogP contribution < -0.4 is 0 Å². The number of rotatable bonds is 5. The third-order valence-electron chi connectivity index (χ3n) is 1.82. The molecule has 0 atom stereocenters. The summed E-state index contributed by atoms with van der Waals surface area (Å²) in [5, 5.41) is 12.0. The van der Waals surface area contributed by atoms with Crippen LogP contribution in [0.15, 0.2) is 5.38 Å². The molecule has 0 saturated heterocycles. The molecule has 0 spiro atoms. The van der Waals surface area contributed by atoms with Gasteiger partial charge >= 0.3 is 0 Å². The highest BCUT2D eigenvalue weighted by Crippen LogP contribution is 2.11. The van der Waals surface area contributed by atoms with Gasteiger partial charge in [0.25, 0.3) is 0 Å². The smallest absolute Gasteiger partial charge is 0.0926 e. The second-order valence-corrected chi connectivity index (χ2v) is 3.99. The molecule has 1 aromatic rings. The van der Waals surface area contributed by atoms with Crippen molar-refractivity contribution in [3.8, 4) is 0 Å². The zero-order valence-corrected chi connectivity index (χ0v) is 8.97. The molecule has 0 unspecified atom stereocenters. The average Bonchev–Trinajstić information content (AvgIpc) is 2.52. The third-order valence-corrected chi connectivity index (χ3v) is 2.86. The molecule has 0 bridgehead atoms. The fourth-order valence-electron chi connectivity index (χ4n) is 1.11. The van der Waals surface area contributed by atoms with Gasteiger partial charge in [0.1, 0.15) is 0 Å². The van der Waals surface area contributed by atoms with Crippen molar-refractivity contribution in [3.05, 3.63) is 16.1 Å². The number of likely N-dealkylation sites (N-methyl/N-ethyl adjacent to an activating group) is 1. The molecular weight excluding hydrogens is 184 g/mol. The number of aryl methyl sites for hydroxylation is 1. The van der Waals surface area contributed by atoms with E-state index in [4.69, 9.17) is 5.11 Å². The van der Waals surface area contributed by atoms with E-state index in [0.29, 0.717) is 6.54 Å². The minimum Gasteiger partial charge on any atom is -0.395 e. The van der Waals surface area contributed by atoms with Gasteiger partial charge < -0.3 is 5.11 Å². The van der Waals surface area contributed by atoms with Crippen LogP contribution in [0.25, 0.3) is 0 Å². The summed E-state index contributed by atoms with van der Waals surface area (Å²) in [5.41, 5.74) is 1.11. The predicted molar refractivity (Wildman–Crippen MR) is 54.9 cm³/mol. The Morgan fingerprint density at radius 1 is 1.62 bits per heavy atom. The number of hydrogen-bond acceptors (Lipinski definition) is 4. The lowest BCUT2D eigenvalue weighted by Crippen LogP contribution is -2.21. The van der Waals surface area contributed by atoms with E-state index in [1.54, 1.807) is 11.3 Å². The first-order chi connectivity index (χ1) is 6.26. The van der Waals surface area contributed by atoms with Gasteiger partial charge in [0.2, 0.25) is 0 Å². The summed E-state index contributed by atoms with van der Waals surface area (Å²) >= 11 is 1.71. The first kappa shape index (κ1) is 10.6. The van der Waals surface area contributed by atoms with Crippen LogP contribution in [0.4, 0.5) is 0 Å². The topological polar surface area (TPSA) is 36.4 Å². The molecule has 0 aliphatic heterocycles. The largest absolute Gasteiger partial charge is 0.395 e. The van der Waals surface area contributed by atoms with Crippen LogP contribution >= 0.6 is 11.3 Å². The molecule has 0 aromatic carbocycles. The van der Waals surface area contributed by atoms with Crippen molar-refractivity contribution in [1.82, 2.24) is 9.88 Å². The highest BCUT2D eigenvalue weighted by atomic mass is 32.1. The molecular formula is C9H16N2OS. The van der Waals surface area contributed by atoms with Gasteiger partial charge in [-0.25, -0.2) is 4.98 Å². The lowest BCUT2D eigenvalue weighted by atomic mass is 10.4. The van der Waals surface area contributed by atoms with Gasteiger partial charge in [-0.05, 0) is 13.5 Å². The maximum absolute atomic E-state index is 8.71. The van der Waals surface area contributed by atoms with E-state index in [9.17, 15) is 0 Å². The van der Waals surface area contributed by atoms with E-state index in [2.05, 4.69) is 22.2 Å². The Hall–Kier alpha value is -0.450. The van der Waals surface area contributed by atoms with Crippen LogP contribution in [0.3, 0.4) is 0 Å². The van der Waals surface area contributed by atoms with Crippen LogP contribution in [0.1, 0.15) is 17.6 Å². The van der Waals surface area contributed by atoms with E-state index >= 15 is 0 Å². The summed E-state index contributed by atoms with van der Waals surface area (Å²) in [6.07, 6.45) is 1.01. The van der Waals surface area contributed by atoms with Crippen molar-refractivity contribution in [2.75, 3.05) is 20.2 Å². The average molecular weight is 200 g/mol. The van der Waals surface area contributed by atoms with Gasteiger partial charge in [0.05, 0.1) is 17.3 Å². The maximum atomic E-state index is 8.71. The molecule has 0 aliphatic carbocycles. The molecule has 1 aromatic heterocycles. The van der Waals surface area contributed by atoms with Crippen LogP contribution in [-0.2, 0) is 13.0 Å². The molecule has 3 nitrogen and oxygen atoms in total. The number of aliphatic hydroxyl groups excluding tert-OH is 1. The third kappa shape index (κ3) is 3.42. The molecule has 4 heteroatoms. The molecule has 1 heterocycles. The summed E-state index contributed by atoms with van der Waals surface area (Å²) in [4.78, 5) is 6.51. The zero-order chi connectivity index (χ0) is 9.68. The van der Waals surface area contributed by atoms with Crippen molar-refractivity contribution in [1.29, 1.82) is 0 Å². The van der Waals surface area contributed by atoms with Crippen LogP contribution in [0, 0.1) is 0 Å². The fraction of sp³-hybridized carbons (Fsp3) is 0.667. The molecule has 0 fully saturated rings. The minimum absolute atomic E-state index is 0.210. The maximum Gasteiger partial charge on any atom is 0.0926 e. The van der Waals surface area contributed by atoms with Gasteiger partial charge in [-0.15, -0.1) is 11.3 Å². The Labute approximate surface area is 83.0 Å². The number of aliphatic hydroxyl groups is 1. The molecule has 0 aliphatic rings. The number of nitrogens with zero attached hydrogens (tertiary/aromatic N) is 2. The molecule has 13 heavy (non-hydrogen) atoms. The highest BCUT2D eigenvalue weighted by molar-refractivity contribution is 7.09. The molecule has 0 radical (unpaired) electrons. The van der Waals surface area contributed by atoms with Gasteiger partial charge in [-0.3, -0.25) is 4.90 Å². The predicted octanol–water partition coefficient (Wildman–Crippen LogP) is 1.13. The Morgan fingerprint density at radius 3 is 2.92 bits per heavy atom. The fourth-order valence-corrected chi connectivity index (χ4v) is 1.85. The summed E-state index contributed by atoms with van der Waals surface area (Å²) < 4.78 is 0. The lowest BCUT2D eigenvalue weighted by Gasteiger charge is -2.12. The molecule has 1 rings (SSSR count). The van der Waals surface area contributed by atoms with Crippen LogP contribution in [-0.4, -0.2) is 35.2 Å². The molecule has 74 valence electrons. The van der Waals surface area contributed by atoms with Gasteiger partial charge in [0, 0.05) is 18.5 Å². The lowest BCUT2D eigenvalue weighted by molar-refractivity contribution is 0.216. The van der Waals surface area contributed by atoms with Crippen molar-refractivity contribution < 1.29 is 5.11 Å². The van der Waals surface area contributed by atoms with E-state index < -0.39 is 0 Å². The number of aromatic nitrogens is 1. The molecule has 0 saturated carbocycles. The monoisotopic (exact) mass is 200 g/mol. The van der Waals surface area contributed by atoms with Gasteiger partial charge in [-0.1, -0.05) is 6.92 Å². The number of hydrogen-bond donors (Lipinski definition) is 1. The molecule has 1 N–H and O–H groups in total. The van der Waals surface area contributed by atoms with Crippen molar-refractivity contribution in [3.63, 3.8) is 0 Å². The number of thiazole rings is 1. The summed E-state index contributed by atoms with van der Waals surface area (Å²) in [5.74, 6) is 0. The Morgan fingerprint density at radius 2 is 2.38 bits per heavy atom. The van der Waals surface area contributed by atoms with Crippen molar-refractivity contribution in [2.45, 2.75) is 19.9 Å². The van der Waals surface area contributed by atoms with Crippen molar-refractivity contribution >= 4 is 11.3 Å². The Balaban J connectivity index is 2.44. The minimum atomic E-state index is 0.210. The van der Waals surface area contributed by atoms with E-state index in [1.807, 2.05) is 7.05 Å². The van der Waals surface area contributed by atoms with Crippen LogP contribution in [0.2, 0.25) is 0 Å². The molecule has 0 amide bonds. The highest BCUT2D eigenvalue weighted by Gasteiger charge is 2.03. The second kappa shape index (κ2) is 5.32. The summed E-state index contributed by atoms with van der Waals surface area (Å²) in [6.45, 7) is 3.86. The summed E-state index contributed by atoms with van der Waals surface area (Å²) in [6, 6.07) is 0. The van der Waals surface area contributed by atoms with E-state index in [0.717, 1.165) is 18.7 Å². The first-order valence-electron chi connectivity index (χ1n) is 4.49. The second-order valence-electron chi connectivity index (χ2n) is 3.05.